The van der Waals surface area contributed by atoms with Gasteiger partial charge in [0, 0.05) is 10.6 Å². The number of hydrogen-bond acceptors (Lipinski definition) is 3. The highest BCUT2D eigenvalue weighted by Gasteiger charge is 2.28. The number of carbonyl (C=O) groups excluding carboxylic acids is 1. The second-order valence-corrected chi connectivity index (χ2v) is 9.96. The lowest BCUT2D eigenvalue weighted by molar-refractivity contribution is -0.122. The number of amides is 1. The molecule has 0 aliphatic rings. The Balaban J connectivity index is 2.32. The number of ether oxygens (including phenoxy) is 1. The Kier molecular flexibility index (Phi) is 7.70. The van der Waals surface area contributed by atoms with Gasteiger partial charge in [-0.05, 0) is 66.8 Å². The summed E-state index contributed by atoms with van der Waals surface area (Å²) in [4.78, 5) is 12.8. The molecule has 1 atom stereocenters. The first kappa shape index (κ1) is 25.1. The number of benzene rings is 2. The van der Waals surface area contributed by atoms with E-state index in [1.54, 1.807) is 19.9 Å². The van der Waals surface area contributed by atoms with Gasteiger partial charge in [-0.2, -0.15) is 0 Å². The monoisotopic (exact) mass is 445 g/mol. The molecule has 4 nitrogen and oxygen atoms in total. The van der Waals surface area contributed by atoms with Crippen molar-refractivity contribution in [2.75, 3.05) is 5.32 Å². The van der Waals surface area contributed by atoms with Crippen LogP contribution in [0.1, 0.15) is 78.0 Å². The van der Waals surface area contributed by atoms with E-state index in [1.807, 2.05) is 6.07 Å². The second kappa shape index (κ2) is 9.52. The van der Waals surface area contributed by atoms with Crippen LogP contribution in [-0.4, -0.2) is 17.1 Å². The first-order chi connectivity index (χ1) is 14.3. The molecule has 2 aromatic rings. The fourth-order valence-electron chi connectivity index (χ4n) is 3.22. The van der Waals surface area contributed by atoms with Crippen molar-refractivity contribution in [2.24, 2.45) is 0 Å². The maximum Gasteiger partial charge on any atom is 0.265 e. The first-order valence-corrected chi connectivity index (χ1v) is 11.3. The maximum absolute atomic E-state index is 12.8. The minimum Gasteiger partial charge on any atom is -0.506 e. The lowest BCUT2D eigenvalue weighted by Crippen LogP contribution is -2.31. The maximum atomic E-state index is 12.8. The molecule has 1 unspecified atom stereocenters. The summed E-state index contributed by atoms with van der Waals surface area (Å²) in [7, 11) is 0. The van der Waals surface area contributed by atoms with Gasteiger partial charge in [0.2, 0.25) is 0 Å². The first-order valence-electron chi connectivity index (χ1n) is 10.9. The predicted molar refractivity (Wildman–Crippen MR) is 130 cm³/mol. The summed E-state index contributed by atoms with van der Waals surface area (Å²) in [6, 6.07) is 9.36. The summed E-state index contributed by atoms with van der Waals surface area (Å²) < 4.78 is 6.14. The Morgan fingerprint density at radius 3 is 2.29 bits per heavy atom. The number of anilines is 1. The van der Waals surface area contributed by atoms with Gasteiger partial charge < -0.3 is 15.2 Å². The van der Waals surface area contributed by atoms with Gasteiger partial charge >= 0.3 is 0 Å². The number of carbonyl (C=O) groups is 1. The zero-order valence-electron chi connectivity index (χ0n) is 20.0. The van der Waals surface area contributed by atoms with Gasteiger partial charge in [0.25, 0.3) is 5.91 Å². The van der Waals surface area contributed by atoms with E-state index in [9.17, 15) is 9.90 Å². The molecule has 0 aliphatic heterocycles. The summed E-state index contributed by atoms with van der Waals surface area (Å²) >= 11 is 6.14. The second-order valence-electron chi connectivity index (χ2n) is 9.55. The zero-order chi connectivity index (χ0) is 23.6. The Hall–Kier alpha value is -2.20. The molecule has 170 valence electrons. The van der Waals surface area contributed by atoms with Crippen molar-refractivity contribution in [1.29, 1.82) is 0 Å². The van der Waals surface area contributed by atoms with Gasteiger partial charge in [0.05, 0.1) is 5.69 Å². The van der Waals surface area contributed by atoms with Crippen molar-refractivity contribution in [3.8, 4) is 11.5 Å². The van der Waals surface area contributed by atoms with Crippen molar-refractivity contribution in [3.63, 3.8) is 0 Å². The minimum absolute atomic E-state index is 0.0265. The number of nitrogens with one attached hydrogen (secondary N) is 1. The Labute approximate surface area is 192 Å². The van der Waals surface area contributed by atoms with Crippen molar-refractivity contribution in [3.05, 3.63) is 52.0 Å². The molecule has 0 heterocycles. The summed E-state index contributed by atoms with van der Waals surface area (Å²) in [6.07, 6.45) is 1.21. The average molecular weight is 446 g/mol. The van der Waals surface area contributed by atoms with Gasteiger partial charge in [-0.3, -0.25) is 4.79 Å². The third-order valence-electron chi connectivity index (χ3n) is 6.47. The molecular formula is C26H36ClNO3. The van der Waals surface area contributed by atoms with E-state index in [2.05, 4.69) is 59.0 Å². The Morgan fingerprint density at radius 2 is 1.71 bits per heavy atom. The molecule has 0 aromatic heterocycles. The van der Waals surface area contributed by atoms with Crippen LogP contribution in [0.15, 0.2) is 30.3 Å². The lowest BCUT2D eigenvalue weighted by Gasteiger charge is -2.31. The van der Waals surface area contributed by atoms with Crippen molar-refractivity contribution >= 4 is 23.2 Å². The number of aromatic hydroxyl groups is 1. The van der Waals surface area contributed by atoms with Crippen LogP contribution in [0.3, 0.4) is 0 Å². The molecule has 2 N–H and O–H groups in total. The van der Waals surface area contributed by atoms with Gasteiger partial charge in [-0.15, -0.1) is 0 Å². The van der Waals surface area contributed by atoms with Crippen LogP contribution in [-0.2, 0) is 15.6 Å². The summed E-state index contributed by atoms with van der Waals surface area (Å²) in [5, 5.41) is 13.3. The highest BCUT2D eigenvalue weighted by molar-refractivity contribution is 6.31. The molecule has 2 rings (SSSR count). The summed E-state index contributed by atoms with van der Waals surface area (Å²) in [5.41, 5.74) is 3.31. The number of halogens is 1. The third-order valence-corrected chi connectivity index (χ3v) is 6.87. The molecular weight excluding hydrogens is 410 g/mol. The standard InChI is InChI=1S/C26H36ClNO3/c1-9-25(5,6)18-11-12-23(19(14-18)26(7,8)10-2)31-17(4)24(30)28-21-15-20(27)16(3)13-22(21)29/h11-15,17,29H,9-10H2,1-8H3,(H,28,30). The predicted octanol–water partition coefficient (Wildman–Crippen LogP) is 7.14. The number of phenols is 1. The van der Waals surface area contributed by atoms with Gasteiger partial charge in [-0.25, -0.2) is 0 Å². The van der Waals surface area contributed by atoms with Crippen molar-refractivity contribution in [2.45, 2.75) is 85.2 Å². The summed E-state index contributed by atoms with van der Waals surface area (Å²) in [6.45, 7) is 16.7. The average Bonchev–Trinajstić information content (AvgIpc) is 2.71. The van der Waals surface area contributed by atoms with Gasteiger partial charge in [0.15, 0.2) is 6.10 Å². The van der Waals surface area contributed by atoms with E-state index < -0.39 is 6.10 Å². The third kappa shape index (κ3) is 5.74. The fraction of sp³-hybridized carbons (Fsp3) is 0.500. The number of aryl methyl sites for hydroxylation is 1. The van der Waals surface area contributed by atoms with Crippen LogP contribution in [0.2, 0.25) is 5.02 Å². The largest absolute Gasteiger partial charge is 0.506 e. The molecule has 0 bridgehead atoms. The molecule has 2 aromatic carbocycles. The molecule has 0 aliphatic carbocycles. The van der Waals surface area contributed by atoms with Crippen molar-refractivity contribution in [1.82, 2.24) is 0 Å². The van der Waals surface area contributed by atoms with Crippen LogP contribution in [0.4, 0.5) is 5.69 Å². The minimum atomic E-state index is -0.754. The van der Waals surface area contributed by atoms with Crippen LogP contribution in [0, 0.1) is 6.92 Å². The molecule has 0 radical (unpaired) electrons. The van der Waals surface area contributed by atoms with E-state index in [0.717, 1.165) is 24.0 Å². The highest BCUT2D eigenvalue weighted by atomic mass is 35.5. The van der Waals surface area contributed by atoms with Gasteiger partial charge in [-0.1, -0.05) is 65.3 Å². The molecule has 0 saturated carbocycles. The number of rotatable bonds is 8. The molecule has 0 saturated heterocycles. The highest BCUT2D eigenvalue weighted by Crippen LogP contribution is 2.39. The smallest absolute Gasteiger partial charge is 0.265 e. The van der Waals surface area contributed by atoms with E-state index in [4.69, 9.17) is 16.3 Å². The SMILES string of the molecule is CCC(C)(C)c1ccc(OC(C)C(=O)Nc2cc(Cl)c(C)cc2O)c(C(C)(C)CC)c1. The molecule has 5 heteroatoms. The number of phenolic OH excluding ortho intramolecular Hbond substituents is 1. The van der Waals surface area contributed by atoms with Crippen LogP contribution in [0.5, 0.6) is 11.5 Å². The Morgan fingerprint density at radius 1 is 1.10 bits per heavy atom. The number of hydrogen-bond donors (Lipinski definition) is 2. The van der Waals surface area contributed by atoms with Crippen LogP contribution in [0.25, 0.3) is 0 Å². The van der Waals surface area contributed by atoms with Crippen LogP contribution < -0.4 is 10.1 Å². The quantitative estimate of drug-likeness (QED) is 0.424. The Bertz CT molecular complexity index is 950. The van der Waals surface area contributed by atoms with Crippen molar-refractivity contribution < 1.29 is 14.6 Å². The van der Waals surface area contributed by atoms with E-state index in [-0.39, 0.29) is 28.2 Å². The van der Waals surface area contributed by atoms with Crippen LogP contribution >= 0.6 is 11.6 Å². The van der Waals surface area contributed by atoms with E-state index in [1.165, 1.54) is 11.6 Å². The molecule has 1 amide bonds. The zero-order valence-corrected chi connectivity index (χ0v) is 20.8. The fourth-order valence-corrected chi connectivity index (χ4v) is 3.39. The topological polar surface area (TPSA) is 58.6 Å². The molecule has 0 spiro atoms. The molecule has 31 heavy (non-hydrogen) atoms. The molecule has 0 fully saturated rings. The lowest BCUT2D eigenvalue weighted by atomic mass is 9.76. The van der Waals surface area contributed by atoms with E-state index >= 15 is 0 Å². The van der Waals surface area contributed by atoms with E-state index in [0.29, 0.717) is 10.8 Å². The summed E-state index contributed by atoms with van der Waals surface area (Å²) in [5.74, 6) is 0.325. The van der Waals surface area contributed by atoms with Gasteiger partial charge in [0.1, 0.15) is 11.5 Å². The normalized spacial score (nSPS) is 13.1.